The maximum atomic E-state index is 11.4. The molecule has 0 fully saturated rings. The Morgan fingerprint density at radius 1 is 1.50 bits per heavy atom. The Balaban J connectivity index is 2.58. The molecule has 0 radical (unpaired) electrons. The fraction of sp³-hybridized carbons (Fsp3) is 0.250. The van der Waals surface area contributed by atoms with Gasteiger partial charge in [-0.2, -0.15) is 0 Å². The Morgan fingerprint density at radius 2 is 2.22 bits per heavy atom. The first kappa shape index (κ1) is 14.7. The fourth-order valence-electron chi connectivity index (χ4n) is 1.21. The van der Waals surface area contributed by atoms with Crippen LogP contribution in [-0.2, 0) is 16.1 Å². The minimum Gasteiger partial charge on any atom is -0.613 e. The molecule has 6 heteroatoms. The summed E-state index contributed by atoms with van der Waals surface area (Å²) in [4.78, 5) is 11.4. The van der Waals surface area contributed by atoms with Gasteiger partial charge < -0.3 is 15.2 Å². The predicted molar refractivity (Wildman–Crippen MR) is 68.0 cm³/mol. The summed E-state index contributed by atoms with van der Waals surface area (Å²) in [5, 5.41) is 14.3. The van der Waals surface area contributed by atoms with E-state index in [1.165, 1.54) is 0 Å². The zero-order valence-corrected chi connectivity index (χ0v) is 11.2. The molecular formula is C12H12Cl2NO3-. The summed E-state index contributed by atoms with van der Waals surface area (Å²) < 4.78 is 4.60. The number of carbonyl (C=O) groups is 1. The first-order valence-corrected chi connectivity index (χ1v) is 6.02. The van der Waals surface area contributed by atoms with Crippen molar-refractivity contribution in [2.24, 2.45) is 0 Å². The lowest BCUT2D eigenvalue weighted by Gasteiger charge is -2.12. The van der Waals surface area contributed by atoms with Gasteiger partial charge in [0.2, 0.25) is 5.91 Å². The lowest BCUT2D eigenvalue weighted by atomic mass is 10.2. The van der Waals surface area contributed by atoms with Crippen LogP contribution in [0.15, 0.2) is 30.2 Å². The van der Waals surface area contributed by atoms with Crippen molar-refractivity contribution in [2.45, 2.75) is 13.5 Å². The Morgan fingerprint density at radius 3 is 2.89 bits per heavy atom. The van der Waals surface area contributed by atoms with E-state index >= 15 is 0 Å². The Hall–Kier alpha value is -1.39. The standard InChI is InChI=1S/C12H13Cl2NO3/c1-2-18-11(17)6-10(16)15-7-8-4-3-5-9(13)12(8)14/h3-6,17H,2,7H2,1H3,(H,15,16)/p-1/b11-6+. The molecule has 0 aliphatic rings. The lowest BCUT2D eigenvalue weighted by molar-refractivity contribution is -0.356. The number of halogens is 2. The summed E-state index contributed by atoms with van der Waals surface area (Å²) in [6.45, 7) is 2.08. The second kappa shape index (κ2) is 7.13. The number of benzene rings is 1. The average molecular weight is 289 g/mol. The molecule has 1 rings (SSSR count). The van der Waals surface area contributed by atoms with Gasteiger partial charge in [0.25, 0.3) is 0 Å². The normalized spacial score (nSPS) is 11.2. The van der Waals surface area contributed by atoms with Gasteiger partial charge in [-0.1, -0.05) is 42.3 Å². The Kier molecular flexibility index (Phi) is 5.82. The van der Waals surface area contributed by atoms with Gasteiger partial charge >= 0.3 is 0 Å². The molecule has 4 nitrogen and oxygen atoms in total. The number of hydrogen-bond donors (Lipinski definition) is 1. The molecule has 18 heavy (non-hydrogen) atoms. The van der Waals surface area contributed by atoms with E-state index in [4.69, 9.17) is 23.2 Å². The van der Waals surface area contributed by atoms with E-state index in [1.54, 1.807) is 25.1 Å². The highest BCUT2D eigenvalue weighted by atomic mass is 35.5. The third kappa shape index (κ3) is 4.47. The Bertz CT molecular complexity index is 461. The first-order chi connectivity index (χ1) is 8.54. The molecular weight excluding hydrogens is 277 g/mol. The van der Waals surface area contributed by atoms with Crippen molar-refractivity contribution in [2.75, 3.05) is 6.61 Å². The fourth-order valence-corrected chi connectivity index (χ4v) is 1.60. The largest absolute Gasteiger partial charge is 0.613 e. The topological polar surface area (TPSA) is 61.4 Å². The van der Waals surface area contributed by atoms with E-state index in [0.29, 0.717) is 15.6 Å². The van der Waals surface area contributed by atoms with Gasteiger partial charge in [-0.15, -0.1) is 0 Å². The molecule has 0 aliphatic heterocycles. The third-order valence-electron chi connectivity index (χ3n) is 2.02. The monoisotopic (exact) mass is 288 g/mol. The number of hydrogen-bond acceptors (Lipinski definition) is 3. The smallest absolute Gasteiger partial charge is 0.246 e. The van der Waals surface area contributed by atoms with Crippen LogP contribution < -0.4 is 10.4 Å². The Labute approximate surface area is 115 Å². The maximum absolute atomic E-state index is 11.4. The molecule has 0 aliphatic carbocycles. The van der Waals surface area contributed by atoms with Crippen LogP contribution in [0.1, 0.15) is 12.5 Å². The van der Waals surface area contributed by atoms with E-state index in [-0.39, 0.29) is 13.2 Å². The number of rotatable bonds is 5. The van der Waals surface area contributed by atoms with Gasteiger partial charge in [0.15, 0.2) is 0 Å². The van der Waals surface area contributed by atoms with Crippen molar-refractivity contribution in [3.63, 3.8) is 0 Å². The van der Waals surface area contributed by atoms with Gasteiger partial charge in [0.1, 0.15) is 0 Å². The zero-order chi connectivity index (χ0) is 13.5. The van der Waals surface area contributed by atoms with Crippen LogP contribution in [0.25, 0.3) is 0 Å². The third-order valence-corrected chi connectivity index (χ3v) is 2.88. The van der Waals surface area contributed by atoms with Crippen molar-refractivity contribution in [3.05, 3.63) is 45.8 Å². The first-order valence-electron chi connectivity index (χ1n) is 5.26. The summed E-state index contributed by atoms with van der Waals surface area (Å²) in [5.74, 6) is -1.21. The minimum absolute atomic E-state index is 0.189. The lowest BCUT2D eigenvalue weighted by Crippen LogP contribution is -2.23. The molecule has 98 valence electrons. The molecule has 0 saturated heterocycles. The highest BCUT2D eigenvalue weighted by molar-refractivity contribution is 6.42. The molecule has 1 N–H and O–H groups in total. The summed E-state index contributed by atoms with van der Waals surface area (Å²) >= 11 is 11.8. The van der Waals surface area contributed by atoms with Gasteiger partial charge in [-0.3, -0.25) is 4.79 Å². The molecule has 0 unspecified atom stereocenters. The summed E-state index contributed by atoms with van der Waals surface area (Å²) in [6.07, 6.45) is 0.849. The quantitative estimate of drug-likeness (QED) is 0.664. The average Bonchev–Trinajstić information content (AvgIpc) is 2.31. The van der Waals surface area contributed by atoms with Crippen LogP contribution in [0.3, 0.4) is 0 Å². The van der Waals surface area contributed by atoms with Crippen LogP contribution in [-0.4, -0.2) is 12.5 Å². The summed E-state index contributed by atoms with van der Waals surface area (Å²) in [6, 6.07) is 5.11. The molecule has 0 aromatic heterocycles. The van der Waals surface area contributed by atoms with Gasteiger partial charge in [-0.25, -0.2) is 0 Å². The zero-order valence-electron chi connectivity index (χ0n) is 9.70. The number of nitrogens with one attached hydrogen (secondary N) is 1. The van der Waals surface area contributed by atoms with E-state index in [0.717, 1.165) is 6.08 Å². The summed E-state index contributed by atoms with van der Waals surface area (Å²) in [7, 11) is 0. The van der Waals surface area contributed by atoms with E-state index in [2.05, 4.69) is 10.1 Å². The number of ether oxygens (including phenoxy) is 1. The highest BCUT2D eigenvalue weighted by Crippen LogP contribution is 2.25. The second-order valence-electron chi connectivity index (χ2n) is 3.33. The van der Waals surface area contributed by atoms with Gasteiger partial charge in [-0.05, 0) is 18.2 Å². The van der Waals surface area contributed by atoms with E-state index in [9.17, 15) is 9.90 Å². The molecule has 0 bridgehead atoms. The molecule has 0 saturated carbocycles. The van der Waals surface area contributed by atoms with Crippen LogP contribution in [0, 0.1) is 0 Å². The molecule has 1 aromatic rings. The van der Waals surface area contributed by atoms with Crippen LogP contribution >= 0.6 is 23.2 Å². The van der Waals surface area contributed by atoms with Crippen molar-refractivity contribution in [1.82, 2.24) is 5.32 Å². The molecule has 0 spiro atoms. The minimum atomic E-state index is -0.674. The van der Waals surface area contributed by atoms with Crippen molar-refractivity contribution in [1.29, 1.82) is 0 Å². The van der Waals surface area contributed by atoms with Crippen LogP contribution in [0.4, 0.5) is 0 Å². The van der Waals surface area contributed by atoms with Gasteiger partial charge in [0, 0.05) is 12.6 Å². The van der Waals surface area contributed by atoms with Crippen molar-refractivity contribution in [3.8, 4) is 0 Å². The van der Waals surface area contributed by atoms with Crippen LogP contribution in [0.5, 0.6) is 0 Å². The highest BCUT2D eigenvalue weighted by Gasteiger charge is 2.05. The molecule has 0 heterocycles. The molecule has 1 amide bonds. The second-order valence-corrected chi connectivity index (χ2v) is 4.11. The SMILES string of the molecule is CCO/C([O-])=C/C(=O)NCc1cccc(Cl)c1Cl. The molecule has 0 atom stereocenters. The molecule has 1 aromatic carbocycles. The predicted octanol–water partition coefficient (Wildman–Crippen LogP) is 1.85. The summed E-state index contributed by atoms with van der Waals surface area (Å²) in [5.41, 5.74) is 0.676. The van der Waals surface area contributed by atoms with Gasteiger partial charge in [0.05, 0.1) is 16.0 Å². The van der Waals surface area contributed by atoms with Crippen LogP contribution in [0.2, 0.25) is 10.0 Å². The van der Waals surface area contributed by atoms with Crippen molar-refractivity contribution >= 4 is 29.1 Å². The maximum Gasteiger partial charge on any atom is 0.246 e. The van der Waals surface area contributed by atoms with Crippen molar-refractivity contribution < 1.29 is 14.6 Å². The number of amides is 1. The van der Waals surface area contributed by atoms with E-state index < -0.39 is 11.9 Å². The van der Waals surface area contributed by atoms with E-state index in [1.807, 2.05) is 0 Å². The number of carbonyl (C=O) groups excluding carboxylic acids is 1.